The van der Waals surface area contributed by atoms with Crippen LogP contribution in [0.15, 0.2) is 36.4 Å². The van der Waals surface area contributed by atoms with Crippen LogP contribution in [0.25, 0.3) is 6.08 Å². The van der Waals surface area contributed by atoms with E-state index in [1.165, 1.54) is 38.4 Å². The maximum absolute atomic E-state index is 11.5. The summed E-state index contributed by atoms with van der Waals surface area (Å²) in [5, 5.41) is 10.6. The summed E-state index contributed by atoms with van der Waals surface area (Å²) in [5.41, 5.74) is 0.806. The minimum absolute atomic E-state index is 0.221. The summed E-state index contributed by atoms with van der Waals surface area (Å²) in [6.07, 6.45) is 12.9. The number of rotatable bonds is 12. The van der Waals surface area contributed by atoms with E-state index in [0.717, 1.165) is 19.3 Å². The molecule has 1 aromatic rings. The van der Waals surface area contributed by atoms with Crippen molar-refractivity contribution in [3.05, 3.63) is 42.0 Å². The Bertz CT molecular complexity index is 688. The van der Waals surface area contributed by atoms with Gasteiger partial charge >= 0.3 is 5.97 Å². The summed E-state index contributed by atoms with van der Waals surface area (Å²) in [7, 11) is 1.30. The molecule has 1 aliphatic rings. The summed E-state index contributed by atoms with van der Waals surface area (Å²) >= 11 is 0. The van der Waals surface area contributed by atoms with Gasteiger partial charge in [0.2, 0.25) is 5.79 Å². The number of aliphatic hydroxyl groups is 1. The third kappa shape index (κ3) is 8.76. The lowest BCUT2D eigenvalue weighted by atomic mass is 9.79. The molecule has 5 heteroatoms. The first-order chi connectivity index (χ1) is 14.8. The molecule has 0 amide bonds. The van der Waals surface area contributed by atoms with E-state index >= 15 is 0 Å². The van der Waals surface area contributed by atoms with Crippen LogP contribution in [0.3, 0.4) is 0 Å². The van der Waals surface area contributed by atoms with E-state index in [0.29, 0.717) is 12.3 Å². The van der Waals surface area contributed by atoms with E-state index in [1.807, 2.05) is 19.9 Å². The second-order valence-electron chi connectivity index (χ2n) is 9.43. The molecular weight excluding hydrogens is 392 g/mol. The van der Waals surface area contributed by atoms with Gasteiger partial charge in [0.15, 0.2) is 0 Å². The van der Waals surface area contributed by atoms with Crippen LogP contribution < -0.4 is 0 Å². The standard InChI is InChI=1S/C26H40O5/c1-21(14-10-7-5-6-8-11-15-23-16-12-9-13-17-23)18-25(3)19-22(2)26(28,31-30-25)20-24(27)29-4/h9,11-13,15-17,21-22,28H,5-8,10,14,18-20H2,1-4H3/t21-,22-,25+,26+/m1/s1. The highest BCUT2D eigenvalue weighted by atomic mass is 17.2. The molecule has 1 N–H and O–H groups in total. The van der Waals surface area contributed by atoms with E-state index < -0.39 is 17.4 Å². The van der Waals surface area contributed by atoms with Crippen LogP contribution in [0.1, 0.15) is 84.1 Å². The van der Waals surface area contributed by atoms with Crippen LogP contribution in [0.2, 0.25) is 0 Å². The minimum atomic E-state index is -1.62. The van der Waals surface area contributed by atoms with E-state index in [2.05, 4.69) is 48.1 Å². The fourth-order valence-electron chi connectivity index (χ4n) is 4.43. The molecule has 31 heavy (non-hydrogen) atoms. The molecule has 174 valence electrons. The Morgan fingerprint density at radius 3 is 2.61 bits per heavy atom. The van der Waals surface area contributed by atoms with Crippen molar-refractivity contribution in [3.63, 3.8) is 0 Å². The molecule has 1 aliphatic heterocycles. The van der Waals surface area contributed by atoms with Crippen LogP contribution in [0.4, 0.5) is 0 Å². The van der Waals surface area contributed by atoms with Gasteiger partial charge in [-0.05, 0) is 44.1 Å². The van der Waals surface area contributed by atoms with Gasteiger partial charge in [0, 0.05) is 5.92 Å². The van der Waals surface area contributed by atoms with Crippen LogP contribution in [0, 0.1) is 11.8 Å². The van der Waals surface area contributed by atoms with Crippen molar-refractivity contribution in [3.8, 4) is 0 Å². The van der Waals surface area contributed by atoms with Crippen molar-refractivity contribution >= 4 is 12.0 Å². The first-order valence-electron chi connectivity index (χ1n) is 11.6. The zero-order valence-electron chi connectivity index (χ0n) is 19.6. The number of hydrogen-bond acceptors (Lipinski definition) is 5. The molecule has 1 aromatic carbocycles. The van der Waals surface area contributed by atoms with Crippen LogP contribution in [-0.4, -0.2) is 29.6 Å². The van der Waals surface area contributed by atoms with Gasteiger partial charge in [0.05, 0.1) is 7.11 Å². The van der Waals surface area contributed by atoms with Crippen molar-refractivity contribution in [1.82, 2.24) is 0 Å². The molecule has 0 aromatic heterocycles. The van der Waals surface area contributed by atoms with E-state index in [9.17, 15) is 9.90 Å². The highest BCUT2D eigenvalue weighted by Gasteiger charge is 2.49. The number of hydrogen-bond donors (Lipinski definition) is 1. The molecule has 0 unspecified atom stereocenters. The largest absolute Gasteiger partial charge is 0.469 e. The van der Waals surface area contributed by atoms with Gasteiger partial charge in [-0.2, -0.15) is 4.89 Å². The molecule has 0 spiro atoms. The Kier molecular flexibility index (Phi) is 10.2. The average molecular weight is 433 g/mol. The average Bonchev–Trinajstić information content (AvgIpc) is 2.74. The summed E-state index contributed by atoms with van der Waals surface area (Å²) in [4.78, 5) is 22.5. The van der Waals surface area contributed by atoms with E-state index in [4.69, 9.17) is 9.78 Å². The molecule has 1 saturated heterocycles. The Labute approximate surface area is 187 Å². The SMILES string of the molecule is COC(=O)C[C@]1(O)OO[C@@](C)(C[C@H](C)CCCCCCC=Cc2ccccc2)C[C@H]1C. The minimum Gasteiger partial charge on any atom is -0.469 e. The lowest BCUT2D eigenvalue weighted by molar-refractivity contribution is -0.497. The van der Waals surface area contributed by atoms with Gasteiger partial charge in [-0.25, -0.2) is 4.89 Å². The van der Waals surface area contributed by atoms with Gasteiger partial charge in [-0.3, -0.25) is 4.79 Å². The number of ether oxygens (including phenoxy) is 1. The number of esters is 1. The molecule has 5 nitrogen and oxygen atoms in total. The van der Waals surface area contributed by atoms with Gasteiger partial charge in [0.1, 0.15) is 12.0 Å². The highest BCUT2D eigenvalue weighted by Crippen LogP contribution is 2.41. The predicted octanol–water partition coefficient (Wildman–Crippen LogP) is 6.07. The predicted molar refractivity (Wildman–Crippen MR) is 123 cm³/mol. The second-order valence-corrected chi connectivity index (χ2v) is 9.43. The molecule has 0 saturated carbocycles. The number of carbonyl (C=O) groups is 1. The molecule has 1 heterocycles. The van der Waals surface area contributed by atoms with Gasteiger partial charge in [-0.15, -0.1) is 0 Å². The monoisotopic (exact) mass is 432 g/mol. The third-order valence-electron chi connectivity index (χ3n) is 6.23. The molecule has 0 bridgehead atoms. The Balaban J connectivity index is 1.61. The summed E-state index contributed by atoms with van der Waals surface area (Å²) in [6, 6.07) is 10.4. The van der Waals surface area contributed by atoms with Crippen molar-refractivity contribution in [2.45, 2.75) is 89.9 Å². The van der Waals surface area contributed by atoms with E-state index in [-0.39, 0.29) is 12.3 Å². The molecule has 1 fully saturated rings. The molecule has 0 radical (unpaired) electrons. The number of carbonyl (C=O) groups excluding carboxylic acids is 1. The first-order valence-corrected chi connectivity index (χ1v) is 11.6. The van der Waals surface area contributed by atoms with E-state index in [1.54, 1.807) is 0 Å². The zero-order valence-corrected chi connectivity index (χ0v) is 19.6. The zero-order chi connectivity index (χ0) is 22.7. The topological polar surface area (TPSA) is 65.0 Å². The Morgan fingerprint density at radius 2 is 1.94 bits per heavy atom. The number of unbranched alkanes of at least 4 members (excludes halogenated alkanes) is 4. The normalized spacial score (nSPS) is 27.3. The molecule has 0 aliphatic carbocycles. The Hall–Kier alpha value is -1.69. The molecule has 4 atom stereocenters. The Morgan fingerprint density at radius 1 is 1.23 bits per heavy atom. The van der Waals surface area contributed by atoms with Crippen LogP contribution >= 0.6 is 0 Å². The summed E-state index contributed by atoms with van der Waals surface area (Å²) in [5.74, 6) is -1.84. The van der Waals surface area contributed by atoms with Crippen molar-refractivity contribution in [2.75, 3.05) is 7.11 Å². The highest BCUT2D eigenvalue weighted by molar-refractivity contribution is 5.70. The maximum atomic E-state index is 11.5. The smallest absolute Gasteiger partial charge is 0.311 e. The fraction of sp³-hybridized carbons (Fsp3) is 0.654. The molecular formula is C26H40O5. The number of allylic oxidation sites excluding steroid dienone is 1. The lowest BCUT2D eigenvalue weighted by Crippen LogP contribution is -2.52. The number of benzene rings is 1. The van der Waals surface area contributed by atoms with Crippen molar-refractivity contribution in [1.29, 1.82) is 0 Å². The third-order valence-corrected chi connectivity index (χ3v) is 6.23. The molecule has 2 rings (SSSR count). The maximum Gasteiger partial charge on any atom is 0.311 e. The fourth-order valence-corrected chi connectivity index (χ4v) is 4.43. The van der Waals surface area contributed by atoms with Gasteiger partial charge in [0.25, 0.3) is 0 Å². The van der Waals surface area contributed by atoms with Crippen LogP contribution in [-0.2, 0) is 19.3 Å². The van der Waals surface area contributed by atoms with Gasteiger partial charge in [-0.1, -0.05) is 82.0 Å². The first kappa shape index (κ1) is 25.6. The summed E-state index contributed by atoms with van der Waals surface area (Å²) < 4.78 is 4.65. The lowest BCUT2D eigenvalue weighted by Gasteiger charge is -2.45. The second kappa shape index (κ2) is 12.4. The van der Waals surface area contributed by atoms with Gasteiger partial charge < -0.3 is 9.84 Å². The quantitative estimate of drug-likeness (QED) is 0.247. The number of methoxy groups -OCH3 is 1. The summed E-state index contributed by atoms with van der Waals surface area (Å²) in [6.45, 7) is 6.16. The van der Waals surface area contributed by atoms with Crippen LogP contribution in [0.5, 0.6) is 0 Å². The van der Waals surface area contributed by atoms with Crippen molar-refractivity contribution in [2.24, 2.45) is 11.8 Å². The van der Waals surface area contributed by atoms with Crippen molar-refractivity contribution < 1.29 is 24.4 Å².